The Balaban J connectivity index is 1.56. The molecule has 0 spiro atoms. The molecule has 1 N–H and O–H groups in total. The van der Waals surface area contributed by atoms with Crippen LogP contribution in [0.15, 0.2) is 47.1 Å². The largest absolute Gasteiger partial charge is 0.497 e. The predicted molar refractivity (Wildman–Crippen MR) is 73.5 cm³/mol. The van der Waals surface area contributed by atoms with Crippen molar-refractivity contribution < 1.29 is 13.9 Å². The Morgan fingerprint density at radius 2 is 1.89 bits per heavy atom. The van der Waals surface area contributed by atoms with Gasteiger partial charge in [-0.25, -0.2) is 0 Å². The summed E-state index contributed by atoms with van der Waals surface area (Å²) in [6.45, 7) is 2.35. The highest BCUT2D eigenvalue weighted by molar-refractivity contribution is 5.31. The minimum atomic E-state index is 0.692. The zero-order valence-corrected chi connectivity index (χ0v) is 11.1. The highest BCUT2D eigenvalue weighted by Gasteiger charge is 1.96. The van der Waals surface area contributed by atoms with E-state index < -0.39 is 0 Å². The molecule has 1 aromatic carbocycles. The van der Waals surface area contributed by atoms with Crippen molar-refractivity contribution >= 4 is 0 Å². The summed E-state index contributed by atoms with van der Waals surface area (Å²) >= 11 is 0. The number of ether oxygens (including phenoxy) is 2. The normalized spacial score (nSPS) is 10.4. The predicted octanol–water partition coefficient (Wildman–Crippen LogP) is 2.85. The number of hydrogen-bond acceptors (Lipinski definition) is 4. The molecule has 4 heteroatoms. The Hall–Kier alpha value is -1.94. The molecule has 0 atom stereocenters. The summed E-state index contributed by atoms with van der Waals surface area (Å²) in [5, 5.41) is 3.30. The first-order chi connectivity index (χ1) is 9.38. The van der Waals surface area contributed by atoms with Gasteiger partial charge >= 0.3 is 0 Å². The molecule has 0 aliphatic rings. The molecular formula is C15H19NO3. The van der Waals surface area contributed by atoms with Crippen LogP contribution in [0.2, 0.25) is 0 Å². The summed E-state index contributed by atoms with van der Waals surface area (Å²) in [5.41, 5.74) is 0. The van der Waals surface area contributed by atoms with Gasteiger partial charge in [0.2, 0.25) is 0 Å². The quantitative estimate of drug-likeness (QED) is 0.742. The first-order valence-corrected chi connectivity index (χ1v) is 6.38. The standard InChI is InChI=1S/C15H19NO3/c1-17-13-5-7-14(8-6-13)18-11-3-9-16-12-15-4-2-10-19-15/h2,4-8,10,16H,3,9,11-12H2,1H3. The van der Waals surface area contributed by atoms with Gasteiger partial charge in [-0.05, 0) is 49.4 Å². The number of hydrogen-bond donors (Lipinski definition) is 1. The van der Waals surface area contributed by atoms with Crippen molar-refractivity contribution in [3.05, 3.63) is 48.4 Å². The zero-order valence-electron chi connectivity index (χ0n) is 11.1. The molecule has 0 saturated heterocycles. The fourth-order valence-corrected chi connectivity index (χ4v) is 1.68. The Labute approximate surface area is 113 Å². The van der Waals surface area contributed by atoms with Crippen molar-refractivity contribution in [1.82, 2.24) is 5.32 Å². The molecule has 2 rings (SSSR count). The van der Waals surface area contributed by atoms with Crippen LogP contribution in [0.25, 0.3) is 0 Å². The average Bonchev–Trinajstić information content (AvgIpc) is 2.96. The Bertz CT molecular complexity index is 451. The monoisotopic (exact) mass is 261 g/mol. The third-order valence-electron chi connectivity index (χ3n) is 2.71. The summed E-state index contributed by atoms with van der Waals surface area (Å²) < 4.78 is 15.9. The topological polar surface area (TPSA) is 43.6 Å². The van der Waals surface area contributed by atoms with Gasteiger partial charge in [0.25, 0.3) is 0 Å². The van der Waals surface area contributed by atoms with Gasteiger partial charge in [-0.1, -0.05) is 0 Å². The maximum absolute atomic E-state index is 5.62. The first kappa shape index (κ1) is 13.5. The molecule has 0 aliphatic carbocycles. The van der Waals surface area contributed by atoms with Gasteiger partial charge in [0.1, 0.15) is 17.3 Å². The maximum atomic E-state index is 5.62. The zero-order chi connectivity index (χ0) is 13.3. The SMILES string of the molecule is COc1ccc(OCCCNCc2ccco2)cc1. The molecule has 1 aromatic heterocycles. The van der Waals surface area contributed by atoms with Gasteiger partial charge in [0.05, 0.1) is 26.5 Å². The van der Waals surface area contributed by atoms with E-state index in [9.17, 15) is 0 Å². The van der Waals surface area contributed by atoms with Gasteiger partial charge < -0.3 is 19.2 Å². The molecule has 0 bridgehead atoms. The minimum Gasteiger partial charge on any atom is -0.497 e. The Morgan fingerprint density at radius 1 is 1.11 bits per heavy atom. The van der Waals surface area contributed by atoms with Crippen LogP contribution in [0.3, 0.4) is 0 Å². The van der Waals surface area contributed by atoms with Gasteiger partial charge in [-0.2, -0.15) is 0 Å². The molecule has 0 unspecified atom stereocenters. The smallest absolute Gasteiger partial charge is 0.119 e. The molecule has 0 amide bonds. The summed E-state index contributed by atoms with van der Waals surface area (Å²) in [7, 11) is 1.65. The van der Waals surface area contributed by atoms with Crippen LogP contribution in [0.1, 0.15) is 12.2 Å². The summed E-state index contributed by atoms with van der Waals surface area (Å²) in [4.78, 5) is 0. The number of nitrogens with one attached hydrogen (secondary N) is 1. The lowest BCUT2D eigenvalue weighted by Gasteiger charge is -2.07. The van der Waals surface area contributed by atoms with Crippen LogP contribution < -0.4 is 14.8 Å². The summed E-state index contributed by atoms with van der Waals surface area (Å²) in [5.74, 6) is 2.66. The third-order valence-corrected chi connectivity index (χ3v) is 2.71. The van der Waals surface area contributed by atoms with Gasteiger partial charge in [-0.15, -0.1) is 0 Å². The third kappa shape index (κ3) is 4.67. The number of benzene rings is 1. The minimum absolute atomic E-state index is 0.692. The lowest BCUT2D eigenvalue weighted by atomic mass is 10.3. The molecule has 4 nitrogen and oxygen atoms in total. The van der Waals surface area contributed by atoms with Crippen molar-refractivity contribution in [3.63, 3.8) is 0 Å². The van der Waals surface area contributed by atoms with Crippen molar-refractivity contribution in [2.45, 2.75) is 13.0 Å². The Morgan fingerprint density at radius 3 is 2.58 bits per heavy atom. The van der Waals surface area contributed by atoms with E-state index in [1.807, 2.05) is 36.4 Å². The molecule has 1 heterocycles. The molecule has 2 aromatic rings. The van der Waals surface area contributed by atoms with Crippen LogP contribution >= 0.6 is 0 Å². The van der Waals surface area contributed by atoms with Gasteiger partial charge in [0.15, 0.2) is 0 Å². The van der Waals surface area contributed by atoms with Crippen LogP contribution in [0.5, 0.6) is 11.5 Å². The van der Waals surface area contributed by atoms with Crippen LogP contribution in [0.4, 0.5) is 0 Å². The van der Waals surface area contributed by atoms with Gasteiger partial charge in [-0.3, -0.25) is 0 Å². The van der Waals surface area contributed by atoms with E-state index in [-0.39, 0.29) is 0 Å². The van der Waals surface area contributed by atoms with Gasteiger partial charge in [0, 0.05) is 0 Å². The second kappa shape index (κ2) is 7.48. The molecule has 0 fully saturated rings. The lowest BCUT2D eigenvalue weighted by molar-refractivity contribution is 0.306. The van der Waals surface area contributed by atoms with Crippen molar-refractivity contribution in [2.24, 2.45) is 0 Å². The van der Waals surface area contributed by atoms with E-state index >= 15 is 0 Å². The maximum Gasteiger partial charge on any atom is 0.119 e. The van der Waals surface area contributed by atoms with E-state index in [1.165, 1.54) is 0 Å². The van der Waals surface area contributed by atoms with Crippen LogP contribution in [-0.4, -0.2) is 20.3 Å². The van der Waals surface area contributed by atoms with E-state index in [0.717, 1.165) is 36.8 Å². The number of rotatable bonds is 8. The van der Waals surface area contributed by atoms with Crippen LogP contribution in [-0.2, 0) is 6.54 Å². The van der Waals surface area contributed by atoms with E-state index in [2.05, 4.69) is 5.32 Å². The summed E-state index contributed by atoms with van der Waals surface area (Å²) in [6, 6.07) is 11.5. The second-order valence-electron chi connectivity index (χ2n) is 4.13. The highest BCUT2D eigenvalue weighted by atomic mass is 16.5. The molecule has 19 heavy (non-hydrogen) atoms. The summed E-state index contributed by atoms with van der Waals surface area (Å²) in [6.07, 6.45) is 2.64. The van der Waals surface area contributed by atoms with Crippen molar-refractivity contribution in [2.75, 3.05) is 20.3 Å². The molecule has 0 aliphatic heterocycles. The van der Waals surface area contributed by atoms with E-state index in [0.29, 0.717) is 6.61 Å². The fourth-order valence-electron chi connectivity index (χ4n) is 1.68. The highest BCUT2D eigenvalue weighted by Crippen LogP contribution is 2.16. The molecular weight excluding hydrogens is 242 g/mol. The Kier molecular flexibility index (Phi) is 5.31. The molecule has 0 radical (unpaired) electrons. The van der Waals surface area contributed by atoms with E-state index in [4.69, 9.17) is 13.9 Å². The van der Waals surface area contributed by atoms with Crippen molar-refractivity contribution in [1.29, 1.82) is 0 Å². The number of furan rings is 1. The average molecular weight is 261 g/mol. The first-order valence-electron chi connectivity index (χ1n) is 6.38. The van der Waals surface area contributed by atoms with Crippen LogP contribution in [0, 0.1) is 0 Å². The number of methoxy groups -OCH3 is 1. The second-order valence-corrected chi connectivity index (χ2v) is 4.13. The lowest BCUT2D eigenvalue weighted by Crippen LogP contribution is -2.16. The molecule has 0 saturated carbocycles. The van der Waals surface area contributed by atoms with Crippen molar-refractivity contribution in [3.8, 4) is 11.5 Å². The van der Waals surface area contributed by atoms with E-state index in [1.54, 1.807) is 13.4 Å². The fraction of sp³-hybridized carbons (Fsp3) is 0.333. The molecule has 102 valence electrons.